The topological polar surface area (TPSA) is 51.5 Å². The van der Waals surface area contributed by atoms with E-state index >= 15 is 0 Å². The lowest BCUT2D eigenvalue weighted by molar-refractivity contribution is 1.08. The molecule has 4 aromatic heterocycles. The number of nitrogens with zero attached hydrogens (tertiary/aromatic N) is 5. The molecule has 13 aromatic rings. The van der Waals surface area contributed by atoms with E-state index in [4.69, 9.17) is 4.98 Å². The number of fused-ring (bicyclic) bond motifs is 9. The maximum absolute atomic E-state index is 9.84. The van der Waals surface area contributed by atoms with Crippen LogP contribution in [-0.2, 0) is 0 Å². The normalized spacial score (nSPS) is 11.7. The van der Waals surface area contributed by atoms with Crippen molar-refractivity contribution in [3.8, 4) is 56.6 Å². The van der Waals surface area contributed by atoms with Gasteiger partial charge in [-0.3, -0.25) is 4.57 Å². The van der Waals surface area contributed by atoms with E-state index < -0.39 is 0 Å². The number of rotatable bonds is 6. The Morgan fingerprint density at radius 1 is 0.338 bits per heavy atom. The van der Waals surface area contributed by atoms with E-state index in [2.05, 4.69) is 220 Å². The van der Waals surface area contributed by atoms with Crippen LogP contribution in [0.3, 0.4) is 0 Å². The third kappa shape index (κ3) is 5.61. The number of hydrogen-bond acceptors (Lipinski definition) is 2. The number of pyridine rings is 1. The van der Waals surface area contributed by atoms with Gasteiger partial charge in [-0.05, 0) is 89.5 Å². The average Bonchev–Trinajstić information content (AvgIpc) is 4.02. The van der Waals surface area contributed by atoms with Gasteiger partial charge in [0.15, 0.2) is 0 Å². The van der Waals surface area contributed by atoms with E-state index in [1.54, 1.807) is 0 Å². The Hall–Kier alpha value is -8.98. The van der Waals surface area contributed by atoms with Gasteiger partial charge in [0.25, 0.3) is 0 Å². The van der Waals surface area contributed by atoms with Crippen LogP contribution in [0.2, 0.25) is 0 Å². The SMILES string of the molecule is N#Cc1ccc(-c2c(-c3ccccc3)cnc(-n3c4ccc(-n5c6ccccc6c6ccccc65)cc4c4cc(-n5c6ccccc6c6ccccc65)ccc43)c2-c2ccccc2)cc1. The minimum absolute atomic E-state index is 0.617. The molecule has 5 heteroatoms. The molecular formula is C60H37N5. The van der Waals surface area contributed by atoms with Crippen molar-refractivity contribution in [1.82, 2.24) is 18.7 Å². The molecule has 13 rings (SSSR count). The number of para-hydroxylation sites is 4. The molecule has 0 amide bonds. The molecule has 0 N–H and O–H groups in total. The van der Waals surface area contributed by atoms with Crippen molar-refractivity contribution in [1.29, 1.82) is 5.26 Å². The largest absolute Gasteiger partial charge is 0.309 e. The summed E-state index contributed by atoms with van der Waals surface area (Å²) in [6, 6.07) is 79.9. The van der Waals surface area contributed by atoms with Gasteiger partial charge in [0.2, 0.25) is 0 Å². The van der Waals surface area contributed by atoms with Gasteiger partial charge >= 0.3 is 0 Å². The van der Waals surface area contributed by atoms with Crippen LogP contribution in [0.25, 0.3) is 116 Å². The molecule has 0 bridgehead atoms. The maximum Gasteiger partial charge on any atom is 0.146 e. The fraction of sp³-hybridized carbons (Fsp3) is 0. The van der Waals surface area contributed by atoms with E-state index in [-0.39, 0.29) is 0 Å². The molecule has 302 valence electrons. The minimum atomic E-state index is 0.617. The Balaban J connectivity index is 1.16. The molecule has 0 aliphatic heterocycles. The van der Waals surface area contributed by atoms with Gasteiger partial charge in [-0.15, -0.1) is 0 Å². The summed E-state index contributed by atoms with van der Waals surface area (Å²) in [6.45, 7) is 0. The first-order valence-corrected chi connectivity index (χ1v) is 21.9. The van der Waals surface area contributed by atoms with Crippen molar-refractivity contribution in [2.24, 2.45) is 0 Å². The molecule has 65 heavy (non-hydrogen) atoms. The van der Waals surface area contributed by atoms with Crippen LogP contribution in [0.1, 0.15) is 5.56 Å². The van der Waals surface area contributed by atoms with E-state index in [0.717, 1.165) is 72.4 Å². The van der Waals surface area contributed by atoms with Gasteiger partial charge < -0.3 is 9.13 Å². The number of nitriles is 1. The molecule has 0 saturated carbocycles. The molecule has 0 radical (unpaired) electrons. The summed E-state index contributed by atoms with van der Waals surface area (Å²) < 4.78 is 7.16. The molecule has 0 fully saturated rings. The Kier molecular flexibility index (Phi) is 8.21. The summed E-state index contributed by atoms with van der Waals surface area (Å²) in [6.07, 6.45) is 2.03. The van der Waals surface area contributed by atoms with Gasteiger partial charge in [-0.1, -0.05) is 146 Å². The first-order chi connectivity index (χ1) is 32.2. The van der Waals surface area contributed by atoms with Crippen LogP contribution >= 0.6 is 0 Å². The van der Waals surface area contributed by atoms with Crippen molar-refractivity contribution >= 4 is 65.4 Å². The Morgan fingerprint density at radius 2 is 0.738 bits per heavy atom. The standard InChI is InChI=1S/C60H37N5/c61-37-39-27-29-42(30-28-39)58-51(40-15-3-1-4-16-40)38-62-60(59(58)41-17-5-2-6-18-41)65-56-33-31-43(63-52-23-11-7-19-45(52)46-20-8-12-24-53(46)63)35-49(56)50-36-44(32-34-57(50)65)64-54-25-13-9-21-47(54)48-22-10-14-26-55(48)64/h1-36,38H. The lowest BCUT2D eigenvalue weighted by atomic mass is 9.88. The van der Waals surface area contributed by atoms with Crippen LogP contribution in [0.5, 0.6) is 0 Å². The number of hydrogen-bond donors (Lipinski definition) is 0. The lowest BCUT2D eigenvalue weighted by Crippen LogP contribution is -2.04. The summed E-state index contributed by atoms with van der Waals surface area (Å²) in [5.41, 5.74) is 15.7. The summed E-state index contributed by atoms with van der Waals surface area (Å²) in [5, 5.41) is 17.0. The van der Waals surface area contributed by atoms with E-state index in [9.17, 15) is 5.26 Å². The smallest absolute Gasteiger partial charge is 0.146 e. The first kappa shape index (κ1) is 36.7. The molecule has 0 atom stereocenters. The summed E-state index contributed by atoms with van der Waals surface area (Å²) in [7, 11) is 0. The zero-order valence-electron chi connectivity index (χ0n) is 35.1. The Labute approximate surface area is 374 Å². The highest BCUT2D eigenvalue weighted by molar-refractivity contribution is 6.14. The highest BCUT2D eigenvalue weighted by Gasteiger charge is 2.25. The van der Waals surface area contributed by atoms with E-state index in [0.29, 0.717) is 5.56 Å². The molecular weight excluding hydrogens is 791 g/mol. The van der Waals surface area contributed by atoms with E-state index in [1.807, 2.05) is 24.4 Å². The zero-order valence-corrected chi connectivity index (χ0v) is 35.1. The second kappa shape index (κ2) is 14.6. The monoisotopic (exact) mass is 827 g/mol. The second-order valence-electron chi connectivity index (χ2n) is 16.6. The second-order valence-corrected chi connectivity index (χ2v) is 16.6. The molecule has 0 unspecified atom stereocenters. The third-order valence-electron chi connectivity index (χ3n) is 13.1. The molecule has 0 spiro atoms. The predicted octanol–water partition coefficient (Wildman–Crippen LogP) is 15.2. The van der Waals surface area contributed by atoms with Gasteiger partial charge in [-0.25, -0.2) is 4.98 Å². The van der Waals surface area contributed by atoms with Crippen molar-refractivity contribution in [3.05, 3.63) is 230 Å². The van der Waals surface area contributed by atoms with Crippen molar-refractivity contribution in [2.75, 3.05) is 0 Å². The average molecular weight is 828 g/mol. The fourth-order valence-electron chi connectivity index (χ4n) is 10.3. The molecule has 0 aliphatic rings. The van der Waals surface area contributed by atoms with Crippen molar-refractivity contribution in [3.63, 3.8) is 0 Å². The molecule has 4 heterocycles. The summed E-state index contributed by atoms with van der Waals surface area (Å²) >= 11 is 0. The van der Waals surface area contributed by atoms with Gasteiger partial charge in [0.1, 0.15) is 5.82 Å². The highest BCUT2D eigenvalue weighted by atomic mass is 15.1. The van der Waals surface area contributed by atoms with Crippen LogP contribution in [-0.4, -0.2) is 18.7 Å². The van der Waals surface area contributed by atoms with Crippen LogP contribution in [0.4, 0.5) is 0 Å². The maximum atomic E-state index is 9.84. The van der Waals surface area contributed by atoms with Crippen LogP contribution in [0.15, 0.2) is 225 Å². The van der Waals surface area contributed by atoms with Crippen LogP contribution in [0, 0.1) is 11.3 Å². The Bertz CT molecular complexity index is 3770. The van der Waals surface area contributed by atoms with Gasteiger partial charge in [-0.2, -0.15) is 5.26 Å². The molecule has 5 nitrogen and oxygen atoms in total. The highest BCUT2D eigenvalue weighted by Crippen LogP contribution is 2.46. The minimum Gasteiger partial charge on any atom is -0.309 e. The number of benzene rings is 9. The predicted molar refractivity (Wildman–Crippen MR) is 268 cm³/mol. The van der Waals surface area contributed by atoms with Gasteiger partial charge in [0, 0.05) is 66.6 Å². The summed E-state index contributed by atoms with van der Waals surface area (Å²) in [4.78, 5) is 5.50. The quantitative estimate of drug-likeness (QED) is 0.168. The first-order valence-electron chi connectivity index (χ1n) is 21.9. The van der Waals surface area contributed by atoms with E-state index in [1.165, 1.54) is 43.6 Å². The van der Waals surface area contributed by atoms with Crippen LogP contribution < -0.4 is 0 Å². The third-order valence-corrected chi connectivity index (χ3v) is 13.1. The lowest BCUT2D eigenvalue weighted by Gasteiger charge is -2.21. The zero-order chi connectivity index (χ0) is 43.0. The molecule has 9 aromatic carbocycles. The fourth-order valence-corrected chi connectivity index (χ4v) is 10.3. The van der Waals surface area contributed by atoms with Gasteiger partial charge in [0.05, 0.1) is 44.7 Å². The van der Waals surface area contributed by atoms with Crippen molar-refractivity contribution in [2.45, 2.75) is 0 Å². The summed E-state index contributed by atoms with van der Waals surface area (Å²) in [5.74, 6) is 0.824. The Morgan fingerprint density at radius 3 is 1.20 bits per heavy atom. The molecule has 0 saturated heterocycles. The van der Waals surface area contributed by atoms with Crippen molar-refractivity contribution < 1.29 is 0 Å². The number of aromatic nitrogens is 4. The molecule has 0 aliphatic carbocycles.